The molecule has 5 nitrogen and oxygen atoms in total. The van der Waals surface area contributed by atoms with E-state index in [1.165, 1.54) is 12.8 Å². The number of hydrogen-bond acceptors (Lipinski definition) is 3. The molecule has 1 aliphatic rings. The third kappa shape index (κ3) is 3.84. The fourth-order valence-corrected chi connectivity index (χ4v) is 3.07. The molecule has 1 unspecified atom stereocenters. The van der Waals surface area contributed by atoms with Crippen molar-refractivity contribution in [1.29, 1.82) is 0 Å². The molecule has 0 saturated carbocycles. The monoisotopic (exact) mass is 292 g/mol. The lowest BCUT2D eigenvalue weighted by Crippen LogP contribution is -2.32. The number of carbonyl (C=O) groups excluding carboxylic acids is 1. The van der Waals surface area contributed by atoms with Crippen LogP contribution in [0.4, 0.5) is 0 Å². The van der Waals surface area contributed by atoms with Crippen LogP contribution in [-0.2, 0) is 6.54 Å². The Morgan fingerprint density at radius 1 is 1.43 bits per heavy atom. The van der Waals surface area contributed by atoms with Gasteiger partial charge < -0.3 is 10.6 Å². The quantitative estimate of drug-likeness (QED) is 0.905. The number of aryl methyl sites for hydroxylation is 1. The van der Waals surface area contributed by atoms with E-state index in [2.05, 4.69) is 12.0 Å². The van der Waals surface area contributed by atoms with Gasteiger partial charge in [0.2, 0.25) is 0 Å². The van der Waals surface area contributed by atoms with Crippen LogP contribution in [-0.4, -0.2) is 40.2 Å². The maximum atomic E-state index is 12.7. The van der Waals surface area contributed by atoms with Gasteiger partial charge in [0.25, 0.3) is 5.91 Å². The third-order valence-corrected chi connectivity index (χ3v) is 4.62. The van der Waals surface area contributed by atoms with Crippen molar-refractivity contribution in [1.82, 2.24) is 14.7 Å². The van der Waals surface area contributed by atoms with Gasteiger partial charge in [0.15, 0.2) is 0 Å². The molecular formula is C16H28N4O. The standard InChI is InChI=1S/C16H28N4O/c1-3-14-6-4-9-19(11-7-14)16(21)15-12-18-20(13(15)2)10-5-8-17/h12,14H,3-11,17H2,1-2H3. The van der Waals surface area contributed by atoms with Crippen LogP contribution in [0.2, 0.25) is 0 Å². The topological polar surface area (TPSA) is 64.2 Å². The molecule has 0 aromatic carbocycles. The summed E-state index contributed by atoms with van der Waals surface area (Å²) in [4.78, 5) is 14.7. The van der Waals surface area contributed by atoms with Crippen LogP contribution < -0.4 is 5.73 Å². The molecular weight excluding hydrogens is 264 g/mol. The third-order valence-electron chi connectivity index (χ3n) is 4.62. The van der Waals surface area contributed by atoms with Gasteiger partial charge in [-0.15, -0.1) is 0 Å². The van der Waals surface area contributed by atoms with Gasteiger partial charge in [-0.05, 0) is 45.1 Å². The van der Waals surface area contributed by atoms with Crippen molar-refractivity contribution in [2.45, 2.75) is 52.5 Å². The molecule has 1 saturated heterocycles. The highest BCUT2D eigenvalue weighted by atomic mass is 16.2. The number of aromatic nitrogens is 2. The van der Waals surface area contributed by atoms with Crippen molar-refractivity contribution in [2.75, 3.05) is 19.6 Å². The number of likely N-dealkylation sites (tertiary alicyclic amines) is 1. The number of rotatable bonds is 5. The normalized spacial score (nSPS) is 19.6. The fourth-order valence-electron chi connectivity index (χ4n) is 3.07. The molecule has 1 aromatic rings. The molecule has 0 spiro atoms. The lowest BCUT2D eigenvalue weighted by Gasteiger charge is -2.20. The second kappa shape index (κ2) is 7.59. The van der Waals surface area contributed by atoms with Crippen LogP contribution in [0.1, 0.15) is 55.1 Å². The van der Waals surface area contributed by atoms with Crippen molar-refractivity contribution in [3.63, 3.8) is 0 Å². The first-order valence-corrected chi connectivity index (χ1v) is 8.19. The molecule has 1 atom stereocenters. The van der Waals surface area contributed by atoms with Gasteiger partial charge in [-0.1, -0.05) is 13.3 Å². The summed E-state index contributed by atoms with van der Waals surface area (Å²) in [5.74, 6) is 0.916. The van der Waals surface area contributed by atoms with Crippen LogP contribution in [0.15, 0.2) is 6.20 Å². The van der Waals surface area contributed by atoms with Crippen molar-refractivity contribution >= 4 is 5.91 Å². The van der Waals surface area contributed by atoms with Crippen LogP contribution in [0.3, 0.4) is 0 Å². The van der Waals surface area contributed by atoms with Crippen molar-refractivity contribution in [3.8, 4) is 0 Å². The van der Waals surface area contributed by atoms with E-state index in [1.807, 2.05) is 16.5 Å². The summed E-state index contributed by atoms with van der Waals surface area (Å²) in [6, 6.07) is 0. The van der Waals surface area contributed by atoms with Crippen molar-refractivity contribution < 1.29 is 4.79 Å². The Bertz CT molecular complexity index is 469. The average molecular weight is 292 g/mol. The van der Waals surface area contributed by atoms with E-state index in [4.69, 9.17) is 5.73 Å². The minimum Gasteiger partial charge on any atom is -0.339 e. The van der Waals surface area contributed by atoms with E-state index in [0.29, 0.717) is 6.54 Å². The predicted octanol–water partition coefficient (Wildman–Crippen LogP) is 2.19. The lowest BCUT2D eigenvalue weighted by atomic mass is 9.98. The molecule has 2 N–H and O–H groups in total. The van der Waals surface area contributed by atoms with E-state index >= 15 is 0 Å². The molecule has 0 bridgehead atoms. The van der Waals surface area contributed by atoms with E-state index in [-0.39, 0.29) is 5.91 Å². The summed E-state index contributed by atoms with van der Waals surface area (Å²) >= 11 is 0. The van der Waals surface area contributed by atoms with Crippen molar-refractivity contribution in [2.24, 2.45) is 11.7 Å². The zero-order chi connectivity index (χ0) is 15.2. The summed E-state index contributed by atoms with van der Waals surface area (Å²) in [7, 11) is 0. The van der Waals surface area contributed by atoms with Gasteiger partial charge in [-0.2, -0.15) is 5.10 Å². The highest BCUT2D eigenvalue weighted by Crippen LogP contribution is 2.22. The second-order valence-corrected chi connectivity index (χ2v) is 6.01. The second-order valence-electron chi connectivity index (χ2n) is 6.01. The van der Waals surface area contributed by atoms with Gasteiger partial charge in [-0.3, -0.25) is 9.48 Å². The highest BCUT2D eigenvalue weighted by molar-refractivity contribution is 5.95. The Labute approximate surface area is 127 Å². The average Bonchev–Trinajstić information content (AvgIpc) is 2.72. The van der Waals surface area contributed by atoms with Crippen LogP contribution >= 0.6 is 0 Å². The molecule has 1 aliphatic heterocycles. The maximum Gasteiger partial charge on any atom is 0.257 e. The van der Waals surface area contributed by atoms with E-state index in [9.17, 15) is 4.79 Å². The predicted molar refractivity (Wildman–Crippen MR) is 84.2 cm³/mol. The zero-order valence-electron chi connectivity index (χ0n) is 13.3. The summed E-state index contributed by atoms with van der Waals surface area (Å²) in [6.45, 7) is 7.41. The Hall–Kier alpha value is -1.36. The smallest absolute Gasteiger partial charge is 0.257 e. The SMILES string of the molecule is CCC1CCCN(C(=O)c2cnn(CCCN)c2C)CC1. The molecule has 118 valence electrons. The maximum absolute atomic E-state index is 12.7. The minimum atomic E-state index is 0.142. The molecule has 1 amide bonds. The first kappa shape index (κ1) is 16.0. The van der Waals surface area contributed by atoms with Gasteiger partial charge >= 0.3 is 0 Å². The Morgan fingerprint density at radius 2 is 2.24 bits per heavy atom. The van der Waals surface area contributed by atoms with Crippen LogP contribution in [0.5, 0.6) is 0 Å². The van der Waals surface area contributed by atoms with E-state index in [1.54, 1.807) is 6.20 Å². The molecule has 5 heteroatoms. The summed E-state index contributed by atoms with van der Waals surface area (Å²) in [5, 5.41) is 4.34. The number of nitrogens with two attached hydrogens (primary N) is 1. The van der Waals surface area contributed by atoms with Gasteiger partial charge in [0.05, 0.1) is 11.8 Å². The molecule has 0 radical (unpaired) electrons. The summed E-state index contributed by atoms with van der Waals surface area (Å²) < 4.78 is 1.90. The van der Waals surface area contributed by atoms with Crippen LogP contribution in [0, 0.1) is 12.8 Å². The Balaban J connectivity index is 2.04. The van der Waals surface area contributed by atoms with Crippen molar-refractivity contribution in [3.05, 3.63) is 17.5 Å². The Morgan fingerprint density at radius 3 is 2.95 bits per heavy atom. The molecule has 2 heterocycles. The molecule has 1 fully saturated rings. The first-order valence-electron chi connectivity index (χ1n) is 8.19. The zero-order valence-corrected chi connectivity index (χ0v) is 13.3. The van der Waals surface area contributed by atoms with Crippen LogP contribution in [0.25, 0.3) is 0 Å². The van der Waals surface area contributed by atoms with Gasteiger partial charge in [0.1, 0.15) is 0 Å². The summed E-state index contributed by atoms with van der Waals surface area (Å²) in [5.41, 5.74) is 7.25. The number of carbonyl (C=O) groups is 1. The van der Waals surface area contributed by atoms with E-state index in [0.717, 1.165) is 56.1 Å². The molecule has 21 heavy (non-hydrogen) atoms. The summed E-state index contributed by atoms with van der Waals surface area (Å²) in [6.07, 6.45) is 7.31. The lowest BCUT2D eigenvalue weighted by molar-refractivity contribution is 0.0759. The fraction of sp³-hybridized carbons (Fsp3) is 0.750. The van der Waals surface area contributed by atoms with Gasteiger partial charge in [0, 0.05) is 25.3 Å². The van der Waals surface area contributed by atoms with E-state index < -0.39 is 0 Å². The number of amides is 1. The minimum absolute atomic E-state index is 0.142. The van der Waals surface area contributed by atoms with Gasteiger partial charge in [-0.25, -0.2) is 0 Å². The Kier molecular flexibility index (Phi) is 5.79. The number of hydrogen-bond donors (Lipinski definition) is 1. The highest BCUT2D eigenvalue weighted by Gasteiger charge is 2.23. The first-order chi connectivity index (χ1) is 10.2. The molecule has 0 aliphatic carbocycles. The number of nitrogens with zero attached hydrogens (tertiary/aromatic N) is 3. The molecule has 2 rings (SSSR count). The molecule has 1 aromatic heterocycles. The largest absolute Gasteiger partial charge is 0.339 e.